The lowest BCUT2D eigenvalue weighted by Gasteiger charge is -2.25. The summed E-state index contributed by atoms with van der Waals surface area (Å²) in [4.78, 5) is 29.8. The van der Waals surface area contributed by atoms with Gasteiger partial charge in [-0.25, -0.2) is 9.07 Å². The molecule has 1 aliphatic rings. The highest BCUT2D eigenvalue weighted by atomic mass is 19.4. The average molecular weight is 570 g/mol. The van der Waals surface area contributed by atoms with Crippen molar-refractivity contribution in [3.63, 3.8) is 0 Å². The van der Waals surface area contributed by atoms with Gasteiger partial charge in [0, 0.05) is 36.6 Å². The number of hydrogen-bond donors (Lipinski definition) is 1. The highest BCUT2D eigenvalue weighted by Gasteiger charge is 2.39. The van der Waals surface area contributed by atoms with Gasteiger partial charge in [0.25, 0.3) is 5.91 Å². The molecule has 12 heteroatoms. The average Bonchev–Trinajstić information content (AvgIpc) is 3.65. The Bertz CT molecular complexity index is 1490. The molecule has 2 heterocycles. The molecule has 8 nitrogen and oxygen atoms in total. The van der Waals surface area contributed by atoms with Crippen LogP contribution in [-0.2, 0) is 11.0 Å². The van der Waals surface area contributed by atoms with E-state index in [1.807, 2.05) is 0 Å². The maximum Gasteiger partial charge on any atom is 0.435 e. The van der Waals surface area contributed by atoms with Crippen LogP contribution >= 0.6 is 0 Å². The van der Waals surface area contributed by atoms with Crippen molar-refractivity contribution < 1.29 is 31.7 Å². The fourth-order valence-electron chi connectivity index (χ4n) is 5.01. The fourth-order valence-corrected chi connectivity index (χ4v) is 5.01. The maximum atomic E-state index is 13.5. The lowest BCUT2D eigenvalue weighted by molar-refractivity contribution is -0.141. The molecule has 1 amide bonds. The van der Waals surface area contributed by atoms with Crippen LogP contribution in [0, 0.1) is 11.7 Å². The second-order valence-corrected chi connectivity index (χ2v) is 10.0. The van der Waals surface area contributed by atoms with E-state index in [9.17, 15) is 27.2 Å². The van der Waals surface area contributed by atoms with E-state index >= 15 is 0 Å². The minimum atomic E-state index is -4.80. The van der Waals surface area contributed by atoms with Crippen molar-refractivity contribution in [2.24, 2.45) is 5.92 Å². The summed E-state index contributed by atoms with van der Waals surface area (Å²) in [5, 5.41) is 10.1. The number of alkyl halides is 3. The number of Topliss-reactive ketones (excluding diaryl/α,β-unsaturated/α-hetero) is 1. The third-order valence-corrected chi connectivity index (χ3v) is 7.21. The third kappa shape index (κ3) is 6.69. The number of amides is 1. The van der Waals surface area contributed by atoms with Crippen LogP contribution in [0.4, 0.5) is 17.6 Å². The Morgan fingerprint density at radius 1 is 1.00 bits per heavy atom. The topological polar surface area (TPSA) is 103 Å². The van der Waals surface area contributed by atoms with Gasteiger partial charge in [-0.2, -0.15) is 23.3 Å². The summed E-state index contributed by atoms with van der Waals surface area (Å²) in [6.45, 7) is 0.0574. The molecule has 0 bridgehead atoms. The van der Waals surface area contributed by atoms with Crippen LogP contribution in [0.25, 0.3) is 17.1 Å². The van der Waals surface area contributed by atoms with Gasteiger partial charge < -0.3 is 9.84 Å². The molecule has 214 valence electrons. The molecule has 1 fully saturated rings. The summed E-state index contributed by atoms with van der Waals surface area (Å²) >= 11 is 0. The predicted octanol–water partition coefficient (Wildman–Crippen LogP) is 6.13. The van der Waals surface area contributed by atoms with Gasteiger partial charge in [0.15, 0.2) is 5.69 Å². The lowest BCUT2D eigenvalue weighted by atomic mass is 9.79. The zero-order valence-corrected chi connectivity index (χ0v) is 21.9. The third-order valence-electron chi connectivity index (χ3n) is 7.21. The molecule has 5 rings (SSSR count). The summed E-state index contributed by atoms with van der Waals surface area (Å²) in [6, 6.07) is 14.0. The molecule has 0 atom stereocenters. The Balaban J connectivity index is 1.09. The summed E-state index contributed by atoms with van der Waals surface area (Å²) in [7, 11) is 0. The van der Waals surface area contributed by atoms with Crippen molar-refractivity contribution in [1.29, 1.82) is 0 Å². The normalized spacial score (nSPS) is 17.4. The maximum absolute atomic E-state index is 13.5. The Morgan fingerprint density at radius 3 is 2.39 bits per heavy atom. The van der Waals surface area contributed by atoms with E-state index in [0.29, 0.717) is 55.1 Å². The van der Waals surface area contributed by atoms with Gasteiger partial charge in [-0.05, 0) is 68.5 Å². The number of nitrogens with zero attached hydrogens (tertiary/aromatic N) is 4. The van der Waals surface area contributed by atoms with E-state index in [4.69, 9.17) is 4.52 Å². The summed E-state index contributed by atoms with van der Waals surface area (Å²) in [5.41, 5.74) is -0.797. The Kier molecular flexibility index (Phi) is 8.27. The Morgan fingerprint density at radius 2 is 1.71 bits per heavy atom. The molecule has 0 radical (unpaired) electrons. The standard InChI is InChI=1S/C29H27F4N5O3/c30-21-14-12-19(13-15-21)26-35-28(41-37-26)20-10-8-18(9-11-20)24(39)7-4-16-34-27(40)23-17-38(22-5-2-1-3-6-22)36-25(23)29(31,32)33/h1-3,5-6,12-15,17-18,20H,4,7-11,16H2,(H,34,40). The van der Waals surface area contributed by atoms with E-state index in [-0.39, 0.29) is 36.4 Å². The number of rotatable bonds is 9. The second-order valence-electron chi connectivity index (χ2n) is 10.0. The number of nitrogens with one attached hydrogen (secondary N) is 1. The number of ketones is 1. The van der Waals surface area contributed by atoms with Crippen LogP contribution < -0.4 is 5.32 Å². The second kappa shape index (κ2) is 12.0. The van der Waals surface area contributed by atoms with Crippen molar-refractivity contribution in [1.82, 2.24) is 25.2 Å². The smallest absolute Gasteiger partial charge is 0.352 e. The van der Waals surface area contributed by atoms with Gasteiger partial charge in [-0.1, -0.05) is 23.4 Å². The molecule has 1 N–H and O–H groups in total. The Hall–Kier alpha value is -4.35. The minimum absolute atomic E-state index is 0.0275. The predicted molar refractivity (Wildman–Crippen MR) is 140 cm³/mol. The van der Waals surface area contributed by atoms with E-state index < -0.39 is 23.3 Å². The molecule has 2 aromatic carbocycles. The minimum Gasteiger partial charge on any atom is -0.352 e. The molecule has 0 aliphatic heterocycles. The number of para-hydroxylation sites is 1. The van der Waals surface area contributed by atoms with E-state index in [1.54, 1.807) is 42.5 Å². The molecule has 4 aromatic rings. The lowest BCUT2D eigenvalue weighted by Crippen LogP contribution is -2.27. The highest BCUT2D eigenvalue weighted by molar-refractivity contribution is 5.95. The number of carbonyl (C=O) groups is 2. The first kappa shape index (κ1) is 28.2. The van der Waals surface area contributed by atoms with Crippen molar-refractivity contribution >= 4 is 11.7 Å². The van der Waals surface area contributed by atoms with Gasteiger partial charge in [0.05, 0.1) is 11.3 Å². The van der Waals surface area contributed by atoms with Crippen molar-refractivity contribution in [3.8, 4) is 17.1 Å². The summed E-state index contributed by atoms with van der Waals surface area (Å²) in [6.07, 6.45) is -0.527. The summed E-state index contributed by atoms with van der Waals surface area (Å²) in [5.74, 6) is -0.423. The first-order valence-electron chi connectivity index (χ1n) is 13.3. The number of benzene rings is 2. The zero-order chi connectivity index (χ0) is 29.0. The molecule has 1 saturated carbocycles. The monoisotopic (exact) mass is 569 g/mol. The van der Waals surface area contributed by atoms with Crippen LogP contribution in [0.15, 0.2) is 65.3 Å². The molecular weight excluding hydrogens is 542 g/mol. The molecule has 1 aliphatic carbocycles. The quantitative estimate of drug-likeness (QED) is 0.192. The molecular formula is C29H27F4N5O3. The number of hydrogen-bond acceptors (Lipinski definition) is 6. The highest BCUT2D eigenvalue weighted by Crippen LogP contribution is 2.36. The molecule has 0 spiro atoms. The Labute approximate surface area is 232 Å². The van der Waals surface area contributed by atoms with E-state index in [2.05, 4.69) is 20.6 Å². The first-order chi connectivity index (χ1) is 19.7. The summed E-state index contributed by atoms with van der Waals surface area (Å²) < 4.78 is 60.2. The van der Waals surface area contributed by atoms with E-state index in [1.165, 1.54) is 12.1 Å². The van der Waals surface area contributed by atoms with Crippen molar-refractivity contribution in [2.45, 2.75) is 50.6 Å². The van der Waals surface area contributed by atoms with Crippen molar-refractivity contribution in [3.05, 3.63) is 83.8 Å². The van der Waals surface area contributed by atoms with Gasteiger partial charge in [0.1, 0.15) is 11.6 Å². The van der Waals surface area contributed by atoms with Gasteiger partial charge in [0.2, 0.25) is 11.7 Å². The van der Waals surface area contributed by atoms with Crippen LogP contribution in [0.3, 0.4) is 0 Å². The van der Waals surface area contributed by atoms with Gasteiger partial charge in [-0.15, -0.1) is 0 Å². The molecule has 0 unspecified atom stereocenters. The van der Waals surface area contributed by atoms with E-state index in [0.717, 1.165) is 10.9 Å². The molecule has 0 saturated heterocycles. The SMILES string of the molecule is O=C(NCCCC(=O)C1CCC(c2nc(-c3ccc(F)cc3)no2)CC1)c1cn(-c2ccccc2)nc1C(F)(F)F. The van der Waals surface area contributed by atoms with Gasteiger partial charge >= 0.3 is 6.18 Å². The first-order valence-corrected chi connectivity index (χ1v) is 13.3. The number of halogens is 4. The zero-order valence-electron chi connectivity index (χ0n) is 21.9. The fraction of sp³-hybridized carbons (Fsp3) is 0.345. The van der Waals surface area contributed by atoms with Crippen molar-refractivity contribution in [2.75, 3.05) is 6.54 Å². The van der Waals surface area contributed by atoms with Crippen LogP contribution in [0.2, 0.25) is 0 Å². The largest absolute Gasteiger partial charge is 0.435 e. The van der Waals surface area contributed by atoms with Crippen LogP contribution in [0.1, 0.15) is 66.4 Å². The molecule has 41 heavy (non-hydrogen) atoms. The molecule has 2 aromatic heterocycles. The number of carbonyl (C=O) groups excluding carboxylic acids is 2. The van der Waals surface area contributed by atoms with Crippen LogP contribution in [0.5, 0.6) is 0 Å². The number of aromatic nitrogens is 4. The van der Waals surface area contributed by atoms with Gasteiger partial charge in [-0.3, -0.25) is 9.59 Å². The van der Waals surface area contributed by atoms with Crippen LogP contribution in [-0.4, -0.2) is 38.2 Å².